The average molecular weight is 1260 g/mol. The summed E-state index contributed by atoms with van der Waals surface area (Å²) >= 11 is 3.23. The highest BCUT2D eigenvalue weighted by molar-refractivity contribution is 8.00. The summed E-state index contributed by atoms with van der Waals surface area (Å²) in [5.74, 6) is 0. The minimum atomic E-state index is -0.658. The molecule has 94 heavy (non-hydrogen) atoms. The molecule has 0 aliphatic carbocycles. The lowest BCUT2D eigenvalue weighted by Crippen LogP contribution is -2.60. The molecule has 12 aromatic carbocycles. The van der Waals surface area contributed by atoms with E-state index >= 15 is 0 Å². The second kappa shape index (κ2) is 21.1. The zero-order chi connectivity index (χ0) is 76.5. The summed E-state index contributed by atoms with van der Waals surface area (Å²) in [5.41, 5.74) is 11.0. The number of thiophene rings is 1. The maximum absolute atomic E-state index is 10.6. The smallest absolute Gasteiger partial charge is 0.249 e. The molecule has 0 amide bonds. The van der Waals surface area contributed by atoms with Crippen LogP contribution in [0.5, 0.6) is 0 Å². The molecule has 0 saturated carbocycles. The van der Waals surface area contributed by atoms with Crippen molar-refractivity contribution >= 4 is 133 Å². The number of nitrogens with zero attached hydrogens (tertiary/aromatic N) is 5. The zero-order valence-corrected chi connectivity index (χ0v) is 54.7. The van der Waals surface area contributed by atoms with Crippen molar-refractivity contribution in [3.05, 3.63) is 270 Å². The summed E-state index contributed by atoms with van der Waals surface area (Å²) in [5, 5.41) is 12.2. The molecule has 17 rings (SSSR count). The summed E-state index contributed by atoms with van der Waals surface area (Å²) in [6.45, 7) is 27.2. The summed E-state index contributed by atoms with van der Waals surface area (Å²) < 4.78 is 139. The van der Waals surface area contributed by atoms with Gasteiger partial charge in [-0.3, -0.25) is 0 Å². The fourth-order valence-electron chi connectivity index (χ4n) is 14.1. The number of rotatable bonds is 6. The SMILES string of the molecule is [2H]c1c([2H])c([2H])c2c(c1[2H])c1c([2H])c(C#N)c([2H])c([2H])c1n2-c1ccc2c(c1)N(c1c(-c3cccc(C(C)(C)C)c3)cc(C(C)(C)C)cc1-c1cccc(C(C)(C)C)c1)c1cc(-n3c4c([2H])c([2H])c([2H])c([2H])c4c4c([2H])c([N+]#[C-])c([2H])c([2H])c43)cc3c1B2c1ccc2sc4ccc(-c5ccccc5)cc4c2c1S3. The summed E-state index contributed by atoms with van der Waals surface area (Å²) in [4.78, 5) is 7.46. The van der Waals surface area contributed by atoms with Gasteiger partial charge < -0.3 is 14.0 Å². The topological polar surface area (TPSA) is 41.2 Å². The molecule has 0 fully saturated rings. The van der Waals surface area contributed by atoms with E-state index in [1.54, 1.807) is 27.7 Å². The maximum Gasteiger partial charge on any atom is 0.249 e. The Kier molecular flexibility index (Phi) is 9.93. The predicted octanol–water partition coefficient (Wildman–Crippen LogP) is 22.3. The fourth-order valence-corrected chi connectivity index (χ4v) is 16.6. The summed E-state index contributed by atoms with van der Waals surface area (Å²) in [6, 6.07) is 47.1. The molecule has 0 bridgehead atoms. The van der Waals surface area contributed by atoms with Gasteiger partial charge in [0.2, 0.25) is 6.71 Å². The van der Waals surface area contributed by atoms with Crippen LogP contribution in [0.4, 0.5) is 22.7 Å². The molecule has 0 atom stereocenters. The van der Waals surface area contributed by atoms with E-state index in [4.69, 9.17) is 9.31 Å². The van der Waals surface area contributed by atoms with E-state index in [0.717, 1.165) is 96.4 Å². The minimum Gasteiger partial charge on any atom is -0.310 e. The van der Waals surface area contributed by atoms with Crippen LogP contribution in [-0.4, -0.2) is 15.8 Å². The van der Waals surface area contributed by atoms with E-state index in [1.807, 2.05) is 54.6 Å². The van der Waals surface area contributed by atoms with Gasteiger partial charge in [0.1, 0.15) is 0 Å². The molecular weight excluding hydrogens is 1180 g/mol. The number of fused-ring (bicyclic) bond motifs is 14. The van der Waals surface area contributed by atoms with Crippen LogP contribution in [0, 0.1) is 17.9 Å². The Hall–Kier alpha value is -10.3. The van der Waals surface area contributed by atoms with Crippen molar-refractivity contribution in [2.24, 2.45) is 0 Å². The maximum atomic E-state index is 10.6. The van der Waals surface area contributed by atoms with E-state index < -0.39 is 108 Å². The number of hydrogen-bond acceptors (Lipinski definition) is 4. The second-order valence-corrected chi connectivity index (χ2v) is 29.8. The normalized spacial score (nSPS) is 15.1. The number of anilines is 3. The molecule has 5 heterocycles. The van der Waals surface area contributed by atoms with E-state index in [1.165, 1.54) is 4.57 Å². The van der Waals surface area contributed by atoms with Crippen LogP contribution in [0.15, 0.2) is 246 Å². The molecule has 15 aromatic rings. The first kappa shape index (κ1) is 44.2. The molecule has 0 spiro atoms. The summed E-state index contributed by atoms with van der Waals surface area (Å²) in [7, 11) is 0. The fraction of sp³-hybridized carbons (Fsp3) is 0.140. The zero-order valence-electron chi connectivity index (χ0n) is 67.1. The van der Waals surface area contributed by atoms with Gasteiger partial charge in [-0.25, -0.2) is 4.85 Å². The van der Waals surface area contributed by atoms with Crippen molar-refractivity contribution in [2.45, 2.75) is 88.3 Å². The second-order valence-electron chi connectivity index (χ2n) is 27.6. The van der Waals surface area contributed by atoms with Crippen LogP contribution >= 0.6 is 23.1 Å². The Morgan fingerprint density at radius 1 is 0.489 bits per heavy atom. The average Bonchev–Trinajstić information content (AvgIpc) is 1.41. The van der Waals surface area contributed by atoms with E-state index in [2.05, 4.69) is 175 Å². The van der Waals surface area contributed by atoms with E-state index in [-0.39, 0.29) is 60.1 Å². The molecule has 0 radical (unpaired) electrons. The van der Waals surface area contributed by atoms with Gasteiger partial charge in [0, 0.05) is 82.7 Å². The van der Waals surface area contributed by atoms with Crippen molar-refractivity contribution in [3.8, 4) is 50.8 Å². The Balaban J connectivity index is 1.12. The van der Waals surface area contributed by atoms with Crippen LogP contribution in [-0.2, 0) is 16.2 Å². The molecule has 0 N–H and O–H groups in total. The van der Waals surface area contributed by atoms with Crippen molar-refractivity contribution in [3.63, 3.8) is 0 Å². The predicted molar refractivity (Wildman–Crippen MR) is 401 cm³/mol. The van der Waals surface area contributed by atoms with E-state index in [0.29, 0.717) is 22.7 Å². The van der Waals surface area contributed by atoms with Gasteiger partial charge in [-0.05, 0) is 168 Å². The largest absolute Gasteiger partial charge is 0.310 e. The lowest BCUT2D eigenvalue weighted by molar-refractivity contribution is 0.589. The van der Waals surface area contributed by atoms with Crippen LogP contribution in [0.1, 0.15) is 104 Å². The van der Waals surface area contributed by atoms with Crippen LogP contribution in [0.3, 0.4) is 0 Å². The lowest BCUT2D eigenvalue weighted by atomic mass is 9.34. The van der Waals surface area contributed by atoms with Crippen molar-refractivity contribution in [1.29, 1.82) is 5.26 Å². The molecule has 450 valence electrons. The van der Waals surface area contributed by atoms with Gasteiger partial charge in [0.15, 0.2) is 5.69 Å². The van der Waals surface area contributed by atoms with Gasteiger partial charge in [-0.15, -0.1) is 11.3 Å². The molecule has 2 aliphatic rings. The van der Waals surface area contributed by atoms with Crippen LogP contribution in [0.25, 0.3) is 113 Å². The van der Waals surface area contributed by atoms with Crippen molar-refractivity contribution < 1.29 is 19.2 Å². The number of benzene rings is 12. The van der Waals surface area contributed by atoms with Gasteiger partial charge in [-0.1, -0.05) is 219 Å². The minimum absolute atomic E-state index is 0.0766. The quantitative estimate of drug-likeness (QED) is 0.123. The van der Waals surface area contributed by atoms with E-state index in [9.17, 15) is 21.7 Å². The highest BCUT2D eigenvalue weighted by atomic mass is 32.2. The molecular formula is C86H66BN5S2. The third-order valence-corrected chi connectivity index (χ3v) is 21.1. The Bertz CT molecular complexity index is 6620. The number of para-hydroxylation sites is 2. The molecule has 8 heteroatoms. The summed E-state index contributed by atoms with van der Waals surface area (Å²) in [6.07, 6.45) is 0. The number of hydrogen-bond donors (Lipinski definition) is 0. The Morgan fingerprint density at radius 2 is 1.07 bits per heavy atom. The Morgan fingerprint density at radius 3 is 1.72 bits per heavy atom. The molecule has 2 aliphatic heterocycles. The molecule has 0 saturated heterocycles. The van der Waals surface area contributed by atoms with Gasteiger partial charge >= 0.3 is 0 Å². The van der Waals surface area contributed by atoms with Crippen LogP contribution < -0.4 is 21.3 Å². The van der Waals surface area contributed by atoms with Gasteiger partial charge in [-0.2, -0.15) is 5.26 Å². The molecule has 0 unspecified atom stereocenters. The standard InChI is InChI=1S/C86H66BN5S2/c1-84(2,3)56-24-18-22-54(41-56)64-44-58(86(7,8)9)45-65(55-23-19-25-57(42-55)85(4,5)6)82(64)92-75-47-60(90-71-28-16-14-26-62(71)66-40-51(50-88)30-36-73(66)90)33-34-69(75)87-70-35-39-78-80(68-43-53(31-38-77(68)93-78)52-20-12-11-13-21-52)83(70)94-79-49-61(48-76(92)81(79)87)91-72-29-17-15-27-63(72)67-46-59(89-10)32-37-74(67)91/h11-49H,1-9H3/i14D,15D,16D,17D,26D,27D,28D,29D,30D,32D,36D,37D,40D,46D. The number of nitriles is 1. The van der Waals surface area contributed by atoms with Gasteiger partial charge in [0.25, 0.3) is 0 Å². The molecule has 5 nitrogen and oxygen atoms in total. The van der Waals surface area contributed by atoms with Crippen LogP contribution in [0.2, 0.25) is 0 Å². The third-order valence-electron chi connectivity index (χ3n) is 18.8. The number of aromatic nitrogens is 2. The Labute approximate surface area is 577 Å². The lowest BCUT2D eigenvalue weighted by Gasteiger charge is -2.42. The van der Waals surface area contributed by atoms with Crippen molar-refractivity contribution in [1.82, 2.24) is 9.13 Å². The first-order valence-electron chi connectivity index (χ1n) is 38.4. The van der Waals surface area contributed by atoms with Crippen molar-refractivity contribution in [2.75, 3.05) is 4.90 Å². The first-order valence-corrected chi connectivity index (χ1v) is 33.0. The highest BCUT2D eigenvalue weighted by Crippen LogP contribution is 2.54. The van der Waals surface area contributed by atoms with Gasteiger partial charge in [0.05, 0.1) is 62.4 Å². The third kappa shape index (κ3) is 9.02. The highest BCUT2D eigenvalue weighted by Gasteiger charge is 2.44. The molecule has 3 aromatic heterocycles. The first-order chi connectivity index (χ1) is 51.2. The monoisotopic (exact) mass is 1260 g/mol.